The Morgan fingerprint density at radius 1 is 1.10 bits per heavy atom. The number of hydrogen-bond donors (Lipinski definition) is 2. The normalized spacial score (nSPS) is 22.6. The zero-order valence-electron chi connectivity index (χ0n) is 22.8. The van der Waals surface area contributed by atoms with Crippen molar-refractivity contribution in [3.63, 3.8) is 0 Å². The molecule has 1 amide bonds. The van der Waals surface area contributed by atoms with Crippen molar-refractivity contribution in [3.05, 3.63) is 46.1 Å². The maximum absolute atomic E-state index is 15.2. The minimum absolute atomic E-state index is 0. The molecule has 2 atom stereocenters. The first-order valence-electron chi connectivity index (χ1n) is 13.4. The Bertz CT molecular complexity index is 1530. The van der Waals surface area contributed by atoms with Gasteiger partial charge in [0, 0.05) is 38.1 Å². The molecule has 40 heavy (non-hydrogen) atoms. The van der Waals surface area contributed by atoms with Crippen LogP contribution in [-0.2, 0) is 4.79 Å². The molecular formula is C28H36F4N6O2. The summed E-state index contributed by atoms with van der Waals surface area (Å²) in [4.78, 5) is 36.7. The van der Waals surface area contributed by atoms with Gasteiger partial charge in [-0.05, 0) is 72.2 Å². The van der Waals surface area contributed by atoms with Crippen molar-refractivity contribution in [2.75, 3.05) is 24.7 Å². The molecule has 2 N–H and O–H groups in total. The third-order valence-corrected chi connectivity index (χ3v) is 7.80. The van der Waals surface area contributed by atoms with E-state index in [9.17, 15) is 22.8 Å². The Morgan fingerprint density at radius 3 is 2.38 bits per heavy atom. The van der Waals surface area contributed by atoms with Crippen LogP contribution in [0.2, 0.25) is 0 Å². The van der Waals surface area contributed by atoms with E-state index in [-0.39, 0.29) is 20.9 Å². The van der Waals surface area contributed by atoms with Gasteiger partial charge in [0.05, 0.1) is 11.5 Å². The predicted molar refractivity (Wildman–Crippen MR) is 149 cm³/mol. The summed E-state index contributed by atoms with van der Waals surface area (Å²) in [5, 5.41) is 5.66. The number of amides is 1. The summed E-state index contributed by atoms with van der Waals surface area (Å²) >= 11 is 0. The number of fused-ring (bicyclic) bond motifs is 1. The zero-order chi connectivity index (χ0) is 28.9. The summed E-state index contributed by atoms with van der Waals surface area (Å²) < 4.78 is 59.6. The molecule has 2 aliphatic rings. The number of carbonyl (C=O) groups excluding carboxylic acids is 1. The topological polar surface area (TPSA) is 92.1 Å². The number of carbonyl (C=O) groups is 1. The molecule has 0 spiro atoms. The lowest BCUT2D eigenvalue weighted by Gasteiger charge is -2.33. The molecule has 2 heterocycles. The zero-order valence-corrected chi connectivity index (χ0v) is 22.8. The Kier molecular flexibility index (Phi) is 7.56. The van der Waals surface area contributed by atoms with E-state index in [2.05, 4.69) is 34.3 Å². The number of nitrogens with one attached hydrogen (secondary N) is 2. The van der Waals surface area contributed by atoms with Crippen molar-refractivity contribution in [3.8, 4) is 11.1 Å². The highest BCUT2D eigenvalue weighted by atomic mass is 19.2. The number of rotatable bonds is 7. The summed E-state index contributed by atoms with van der Waals surface area (Å²) in [6.07, 6.45) is 4.01. The highest BCUT2D eigenvalue weighted by Gasteiger charge is 2.44. The van der Waals surface area contributed by atoms with E-state index in [1.165, 1.54) is 16.8 Å². The summed E-state index contributed by atoms with van der Waals surface area (Å²) in [5.41, 5.74) is -2.30. The third-order valence-electron chi connectivity index (χ3n) is 7.80. The number of benzene rings is 1. The number of hydrogen-bond acceptors (Lipinski definition) is 6. The monoisotopic (exact) mass is 564 g/mol. The molecule has 0 saturated heterocycles. The molecule has 0 aliphatic heterocycles. The molecule has 0 unspecified atom stereocenters. The van der Waals surface area contributed by atoms with Crippen LogP contribution >= 0.6 is 0 Å². The molecule has 2 aliphatic carbocycles. The molecule has 218 valence electrons. The Hall–Kier alpha value is -3.54. The first-order chi connectivity index (χ1) is 19.0. The second-order valence-corrected chi connectivity index (χ2v) is 11.2. The van der Waals surface area contributed by atoms with Gasteiger partial charge in [-0.25, -0.2) is 22.5 Å². The lowest BCUT2D eigenvalue weighted by Crippen LogP contribution is -2.36. The van der Waals surface area contributed by atoms with E-state index in [1.807, 2.05) is 5.32 Å². The maximum Gasteiger partial charge on any atom is 0.260 e. The van der Waals surface area contributed by atoms with Gasteiger partial charge in [0.1, 0.15) is 17.5 Å². The number of anilines is 2. The minimum Gasteiger partial charge on any atom is -0.351 e. The van der Waals surface area contributed by atoms with Crippen molar-refractivity contribution in [1.82, 2.24) is 19.4 Å². The average molecular weight is 565 g/mol. The van der Waals surface area contributed by atoms with Gasteiger partial charge in [-0.1, -0.05) is 0 Å². The number of nitrogens with zero attached hydrogens (tertiary/aromatic N) is 4. The molecule has 2 saturated carbocycles. The first-order valence-corrected chi connectivity index (χ1v) is 13.4. The summed E-state index contributed by atoms with van der Waals surface area (Å²) in [6, 6.07) is 2.25. The number of halogens is 4. The lowest BCUT2D eigenvalue weighted by molar-refractivity contribution is -0.117. The van der Waals surface area contributed by atoms with E-state index in [0.717, 1.165) is 25.7 Å². The van der Waals surface area contributed by atoms with Gasteiger partial charge in [0.2, 0.25) is 11.9 Å². The fourth-order valence-electron chi connectivity index (χ4n) is 5.34. The van der Waals surface area contributed by atoms with E-state index in [1.54, 1.807) is 13.8 Å². The Balaban J connectivity index is 0.00000242. The molecule has 0 radical (unpaired) electrons. The fourth-order valence-corrected chi connectivity index (χ4v) is 5.34. The van der Waals surface area contributed by atoms with Crippen LogP contribution in [0.3, 0.4) is 0 Å². The van der Waals surface area contributed by atoms with Crippen molar-refractivity contribution >= 4 is 28.6 Å². The standard InChI is InChI=1S/C28H32F4N6O2.2H2/c1-13(2)38-25-14(12-33-28(36-25)34-15-5-7-16(8-6-15)37(3)4)9-18(27(38)40)17-10-21(30)24(23(32)22(17)31)35-26(39)19-11-20(19)29;;/h9-10,12-13,15-16,19-20H,5-8,11H2,1-4H3,(H,35,39)(H,33,34,36);2*1H/t15?,16?,19-,20-;;/m1../s1. The molecule has 2 aromatic heterocycles. The number of pyridine rings is 1. The second-order valence-electron chi connectivity index (χ2n) is 11.2. The van der Waals surface area contributed by atoms with Crippen molar-refractivity contribution in [2.45, 2.75) is 70.2 Å². The number of aromatic nitrogens is 3. The van der Waals surface area contributed by atoms with Crippen molar-refractivity contribution in [1.29, 1.82) is 0 Å². The van der Waals surface area contributed by atoms with Gasteiger partial charge in [0.15, 0.2) is 17.5 Å². The quantitative estimate of drug-likeness (QED) is 0.290. The number of alkyl halides is 1. The van der Waals surface area contributed by atoms with Gasteiger partial charge >= 0.3 is 0 Å². The van der Waals surface area contributed by atoms with Gasteiger partial charge in [-0.3, -0.25) is 14.2 Å². The predicted octanol–water partition coefficient (Wildman–Crippen LogP) is 5.53. The lowest BCUT2D eigenvalue weighted by atomic mass is 9.91. The summed E-state index contributed by atoms with van der Waals surface area (Å²) in [6.45, 7) is 3.49. The third kappa shape index (κ3) is 5.28. The van der Waals surface area contributed by atoms with Crippen LogP contribution in [0.4, 0.5) is 29.2 Å². The maximum atomic E-state index is 15.2. The largest absolute Gasteiger partial charge is 0.351 e. The fraction of sp³-hybridized carbons (Fsp3) is 0.500. The molecule has 1 aromatic carbocycles. The van der Waals surface area contributed by atoms with E-state index in [4.69, 9.17) is 0 Å². The molecule has 3 aromatic rings. The average Bonchev–Trinajstić information content (AvgIpc) is 3.65. The second kappa shape index (κ2) is 10.8. The molecule has 0 bridgehead atoms. The smallest absolute Gasteiger partial charge is 0.260 e. The first kappa shape index (κ1) is 28.0. The SMILES string of the molecule is CC(C)n1c(=O)c(-c2cc(F)c(NC(=O)[C@@H]3C[C@H]3F)c(F)c2F)cc2cnc(NC3CCC(N(C)C)CC3)nc21.[HH].[HH]. The van der Waals surface area contributed by atoms with E-state index >= 15 is 4.39 Å². The molecular weight excluding hydrogens is 528 g/mol. The van der Waals surface area contributed by atoms with Gasteiger partial charge in [0.25, 0.3) is 5.56 Å². The van der Waals surface area contributed by atoms with Crippen molar-refractivity contribution < 1.29 is 25.2 Å². The van der Waals surface area contributed by atoms with Crippen LogP contribution in [0, 0.1) is 23.4 Å². The van der Waals surface area contributed by atoms with Gasteiger partial charge in [-0.15, -0.1) is 0 Å². The van der Waals surface area contributed by atoms with Crippen molar-refractivity contribution in [2.24, 2.45) is 5.92 Å². The Morgan fingerprint density at radius 2 is 1.77 bits per heavy atom. The summed E-state index contributed by atoms with van der Waals surface area (Å²) in [7, 11) is 4.14. The van der Waals surface area contributed by atoms with E-state index in [0.29, 0.717) is 29.1 Å². The minimum atomic E-state index is -1.67. The highest BCUT2D eigenvalue weighted by molar-refractivity contribution is 5.95. The van der Waals surface area contributed by atoms with Crippen LogP contribution in [0.25, 0.3) is 22.2 Å². The highest BCUT2D eigenvalue weighted by Crippen LogP contribution is 2.37. The van der Waals surface area contributed by atoms with E-state index < -0.39 is 58.3 Å². The van der Waals surface area contributed by atoms with Crippen LogP contribution in [0.15, 0.2) is 23.1 Å². The van der Waals surface area contributed by atoms with Crippen LogP contribution < -0.4 is 16.2 Å². The summed E-state index contributed by atoms with van der Waals surface area (Å²) in [5.74, 6) is -6.06. The van der Waals surface area contributed by atoms with Crippen LogP contribution in [0.1, 0.15) is 54.8 Å². The Labute approximate surface area is 231 Å². The van der Waals surface area contributed by atoms with Gasteiger partial charge < -0.3 is 15.5 Å². The molecule has 5 rings (SSSR count). The molecule has 2 fully saturated rings. The van der Waals surface area contributed by atoms with Crippen LogP contribution in [0.5, 0.6) is 0 Å². The van der Waals surface area contributed by atoms with Crippen LogP contribution in [-0.4, -0.2) is 57.7 Å². The molecule has 8 nitrogen and oxygen atoms in total. The van der Waals surface area contributed by atoms with Gasteiger partial charge in [-0.2, -0.15) is 4.98 Å². The molecule has 12 heteroatoms.